The number of rotatable bonds is 14. The van der Waals surface area contributed by atoms with E-state index >= 15 is 0 Å². The second-order valence-corrected chi connectivity index (χ2v) is 7.70. The summed E-state index contributed by atoms with van der Waals surface area (Å²) in [6, 6.07) is 14.1. The number of hydrogen-bond acceptors (Lipinski definition) is 7. The Labute approximate surface area is 206 Å². The van der Waals surface area contributed by atoms with Crippen molar-refractivity contribution < 1.29 is 33.6 Å². The van der Waals surface area contributed by atoms with Gasteiger partial charge in [0, 0.05) is 11.8 Å². The van der Waals surface area contributed by atoms with Crippen LogP contribution in [-0.4, -0.2) is 44.1 Å². The first-order valence-corrected chi connectivity index (χ1v) is 11.4. The molecule has 1 amide bonds. The van der Waals surface area contributed by atoms with Crippen molar-refractivity contribution in [3.05, 3.63) is 78.9 Å². The van der Waals surface area contributed by atoms with Crippen molar-refractivity contribution in [3.8, 4) is 11.5 Å². The van der Waals surface area contributed by atoms with Gasteiger partial charge in [-0.05, 0) is 60.7 Å². The highest BCUT2D eigenvalue weighted by Gasteiger charge is 2.23. The molecular weight excluding hydrogens is 450 g/mol. The monoisotopic (exact) mass is 483 g/mol. The largest absolute Gasteiger partial charge is 0.497 e. The van der Waals surface area contributed by atoms with Gasteiger partial charge in [0.15, 0.2) is 0 Å². The Hall–Kier alpha value is -3.78. The Morgan fingerprint density at radius 3 is 2.40 bits per heavy atom. The fourth-order valence-corrected chi connectivity index (χ4v) is 3.25. The number of methoxy groups -OCH3 is 1. The third-order valence-electron chi connectivity index (χ3n) is 5.04. The number of hydrogen-bond donors (Lipinski definition) is 2. The van der Waals surface area contributed by atoms with E-state index in [0.29, 0.717) is 30.0 Å². The van der Waals surface area contributed by atoms with Crippen LogP contribution < -0.4 is 14.8 Å². The number of amides is 1. The number of aliphatic hydroxyl groups is 1. The summed E-state index contributed by atoms with van der Waals surface area (Å²) in [5.41, 5.74) is 1.38. The molecule has 0 aliphatic heterocycles. The van der Waals surface area contributed by atoms with E-state index in [1.807, 2.05) is 19.1 Å². The number of allylic oxidation sites excluding steroid dienone is 1. The lowest BCUT2D eigenvalue weighted by atomic mass is 9.93. The van der Waals surface area contributed by atoms with Crippen LogP contribution >= 0.6 is 0 Å². The molecule has 2 N–H and O–H groups in total. The lowest BCUT2D eigenvalue weighted by molar-refractivity contribution is -0.136. The van der Waals surface area contributed by atoms with E-state index in [1.165, 1.54) is 12.2 Å². The van der Waals surface area contributed by atoms with Crippen molar-refractivity contribution in [1.82, 2.24) is 0 Å². The fourth-order valence-electron chi connectivity index (χ4n) is 3.25. The number of aliphatic hydroxyl groups excluding tert-OH is 1. The Morgan fingerprint density at radius 2 is 1.77 bits per heavy atom. The molecule has 2 aromatic carbocycles. The zero-order valence-corrected chi connectivity index (χ0v) is 20.1. The summed E-state index contributed by atoms with van der Waals surface area (Å²) in [6.45, 7) is 5.76. The molecule has 0 aliphatic rings. The van der Waals surface area contributed by atoms with Crippen molar-refractivity contribution in [2.24, 2.45) is 5.92 Å². The topological polar surface area (TPSA) is 103 Å². The molecule has 0 heterocycles. The number of carbonyl (C=O) groups is 2. The summed E-state index contributed by atoms with van der Waals surface area (Å²) >= 11 is 0. The summed E-state index contributed by atoms with van der Waals surface area (Å²) in [5.74, 6) is 0.801. The molecule has 0 aromatic heterocycles. The highest BCUT2D eigenvalue weighted by molar-refractivity contribution is 5.84. The third kappa shape index (κ3) is 9.93. The van der Waals surface area contributed by atoms with Crippen molar-refractivity contribution in [2.45, 2.75) is 25.9 Å². The maximum absolute atomic E-state index is 12.7. The SMILES string of the molecule is C=CCOC(=O)/C=C/CC[C@H](C)[C@@H](OC(=O)Nc1ccc(OC)cc1)c1ccc(OCCO)cc1. The molecule has 0 fully saturated rings. The molecule has 0 radical (unpaired) electrons. The molecule has 8 nitrogen and oxygen atoms in total. The van der Waals surface area contributed by atoms with Crippen molar-refractivity contribution in [1.29, 1.82) is 0 Å². The zero-order valence-electron chi connectivity index (χ0n) is 20.1. The van der Waals surface area contributed by atoms with Gasteiger partial charge in [-0.15, -0.1) is 0 Å². The Balaban J connectivity index is 2.07. The summed E-state index contributed by atoms with van der Waals surface area (Å²) in [6.07, 6.45) is 4.76. The predicted molar refractivity (Wildman–Crippen MR) is 134 cm³/mol. The molecule has 2 aromatic rings. The predicted octanol–water partition coefficient (Wildman–Crippen LogP) is 5.06. The van der Waals surface area contributed by atoms with Crippen LogP contribution in [0.25, 0.3) is 0 Å². The lowest BCUT2D eigenvalue weighted by Crippen LogP contribution is -2.22. The van der Waals surface area contributed by atoms with Crippen molar-refractivity contribution in [2.75, 3.05) is 32.2 Å². The van der Waals surface area contributed by atoms with Crippen LogP contribution in [-0.2, 0) is 14.3 Å². The maximum atomic E-state index is 12.7. The summed E-state index contributed by atoms with van der Waals surface area (Å²) in [4.78, 5) is 24.3. The average Bonchev–Trinajstić information content (AvgIpc) is 2.88. The van der Waals surface area contributed by atoms with Crippen LogP contribution in [0.2, 0.25) is 0 Å². The van der Waals surface area contributed by atoms with Gasteiger partial charge in [-0.25, -0.2) is 9.59 Å². The van der Waals surface area contributed by atoms with E-state index in [4.69, 9.17) is 24.1 Å². The maximum Gasteiger partial charge on any atom is 0.412 e. The smallest absolute Gasteiger partial charge is 0.412 e. The molecule has 2 atom stereocenters. The van der Waals surface area contributed by atoms with Gasteiger partial charge in [0.1, 0.15) is 30.8 Å². The highest BCUT2D eigenvalue weighted by Crippen LogP contribution is 2.31. The Kier molecular flexibility index (Phi) is 11.9. The number of nitrogens with one attached hydrogen (secondary N) is 1. The highest BCUT2D eigenvalue weighted by atomic mass is 16.6. The second kappa shape index (κ2) is 15.2. The third-order valence-corrected chi connectivity index (χ3v) is 5.04. The first-order chi connectivity index (χ1) is 17.0. The van der Waals surface area contributed by atoms with Crippen molar-refractivity contribution >= 4 is 17.7 Å². The second-order valence-electron chi connectivity index (χ2n) is 7.70. The molecule has 0 aliphatic carbocycles. The number of carbonyl (C=O) groups excluding carboxylic acids is 2. The molecule has 35 heavy (non-hydrogen) atoms. The van der Waals surface area contributed by atoms with Gasteiger partial charge in [0.25, 0.3) is 0 Å². The van der Waals surface area contributed by atoms with Gasteiger partial charge in [-0.1, -0.05) is 37.8 Å². The van der Waals surface area contributed by atoms with Crippen LogP contribution in [0.4, 0.5) is 10.5 Å². The quantitative estimate of drug-likeness (QED) is 0.220. The van der Waals surface area contributed by atoms with E-state index in [0.717, 1.165) is 5.56 Å². The minimum absolute atomic E-state index is 0.0605. The van der Waals surface area contributed by atoms with E-state index in [-0.39, 0.29) is 25.7 Å². The first kappa shape index (κ1) is 27.5. The van der Waals surface area contributed by atoms with Gasteiger partial charge >= 0.3 is 12.1 Å². The molecule has 0 unspecified atom stereocenters. The van der Waals surface area contributed by atoms with E-state index in [2.05, 4.69) is 11.9 Å². The standard InChI is InChI=1S/C27H33NO7/c1-4-18-34-25(30)8-6-5-7-20(2)26(21-9-13-24(14-10-21)33-19-17-29)35-27(31)28-22-11-15-23(32-3)16-12-22/h4,6,8-16,20,26,29H,1,5,7,17-19H2,2-3H3,(H,28,31)/b8-6+/t20-,26+/m0/s1. The minimum atomic E-state index is -0.587. The summed E-state index contributed by atoms with van der Waals surface area (Å²) in [5, 5.41) is 11.7. The number of ether oxygens (including phenoxy) is 4. The first-order valence-electron chi connectivity index (χ1n) is 11.4. The molecule has 0 bridgehead atoms. The molecule has 188 valence electrons. The van der Waals surface area contributed by atoms with Crippen LogP contribution in [0.5, 0.6) is 11.5 Å². The summed E-state index contributed by atoms with van der Waals surface area (Å²) < 4.78 is 21.3. The van der Waals surface area contributed by atoms with E-state index in [1.54, 1.807) is 49.6 Å². The van der Waals surface area contributed by atoms with Gasteiger partial charge in [-0.3, -0.25) is 5.32 Å². The van der Waals surface area contributed by atoms with E-state index < -0.39 is 18.2 Å². The Bertz CT molecular complexity index is 954. The number of esters is 1. The van der Waals surface area contributed by atoms with Gasteiger partial charge < -0.3 is 24.1 Å². The van der Waals surface area contributed by atoms with Crippen LogP contribution in [0, 0.1) is 5.92 Å². The number of benzene rings is 2. The molecule has 8 heteroatoms. The Morgan fingerprint density at radius 1 is 1.09 bits per heavy atom. The fraction of sp³-hybridized carbons (Fsp3) is 0.333. The van der Waals surface area contributed by atoms with Crippen molar-refractivity contribution in [3.63, 3.8) is 0 Å². The molecule has 0 saturated heterocycles. The van der Waals surface area contributed by atoms with Crippen LogP contribution in [0.3, 0.4) is 0 Å². The lowest BCUT2D eigenvalue weighted by Gasteiger charge is -2.25. The summed E-state index contributed by atoms with van der Waals surface area (Å²) in [7, 11) is 1.57. The molecule has 0 saturated carbocycles. The van der Waals surface area contributed by atoms with Crippen LogP contribution in [0.1, 0.15) is 31.4 Å². The molecule has 2 rings (SSSR count). The number of anilines is 1. The molecular formula is C27H33NO7. The minimum Gasteiger partial charge on any atom is -0.497 e. The van der Waals surface area contributed by atoms with Gasteiger partial charge in [-0.2, -0.15) is 0 Å². The van der Waals surface area contributed by atoms with Gasteiger partial charge in [0.05, 0.1) is 13.7 Å². The van der Waals surface area contributed by atoms with Gasteiger partial charge in [0.2, 0.25) is 0 Å². The van der Waals surface area contributed by atoms with Crippen LogP contribution in [0.15, 0.2) is 73.3 Å². The zero-order chi connectivity index (χ0) is 25.5. The normalized spacial score (nSPS) is 12.4. The van der Waals surface area contributed by atoms with E-state index in [9.17, 15) is 9.59 Å². The molecule has 0 spiro atoms. The average molecular weight is 484 g/mol.